The van der Waals surface area contributed by atoms with E-state index in [1.165, 1.54) is 141 Å². The maximum Gasteiger partial charge on any atom is 0.339 e. The maximum atomic E-state index is 12.9. The summed E-state index contributed by atoms with van der Waals surface area (Å²) in [5.74, 6) is -1.50. The highest BCUT2D eigenvalue weighted by atomic mass is 32.2. The summed E-state index contributed by atoms with van der Waals surface area (Å²) >= 11 is 0. The number of hydrogen-bond donors (Lipinski definition) is 1. The molecule has 0 bridgehead atoms. The zero-order chi connectivity index (χ0) is 38.0. The molecule has 1 aromatic rings. The molecule has 0 aliphatic heterocycles. The van der Waals surface area contributed by atoms with Gasteiger partial charge >= 0.3 is 11.9 Å². The van der Waals surface area contributed by atoms with E-state index in [2.05, 4.69) is 38.2 Å². The fourth-order valence-electron chi connectivity index (χ4n) is 6.47. The average molecular weight is 747 g/mol. The van der Waals surface area contributed by atoms with Gasteiger partial charge in [-0.25, -0.2) is 9.59 Å². The van der Waals surface area contributed by atoms with Crippen LogP contribution in [0.5, 0.6) is 0 Å². The van der Waals surface area contributed by atoms with Gasteiger partial charge in [0.2, 0.25) is 0 Å². The highest BCUT2D eigenvalue weighted by Gasteiger charge is 2.23. The lowest BCUT2D eigenvalue weighted by Crippen LogP contribution is -2.16. The van der Waals surface area contributed by atoms with Crippen LogP contribution < -0.4 is 0 Å². The van der Waals surface area contributed by atoms with Gasteiger partial charge in [0, 0.05) is 0 Å². The minimum atomic E-state index is -4.56. The number of ether oxygens (including phenoxy) is 2. The first kappa shape index (κ1) is 47.6. The van der Waals surface area contributed by atoms with Crippen LogP contribution in [0, 0.1) is 0 Å². The van der Waals surface area contributed by atoms with Crippen molar-refractivity contribution in [1.82, 2.24) is 0 Å². The van der Waals surface area contributed by atoms with E-state index >= 15 is 0 Å². The Labute approximate surface area is 318 Å². The standard InChI is InChI=1S/C44H74O7S/c1-3-5-7-9-11-13-15-17-19-21-23-25-27-29-31-33-37-50-43(45)41-36-35-40(52(47,48)49)39-42(41)44(46)51-38-34-32-30-28-26-24-22-20-18-16-14-12-10-8-6-4-2/h3-6,35-36,39H,7-34,37-38H2,1-2H3,(H,47,48,49)/b5-3+,6-4+. The molecule has 1 N–H and O–H groups in total. The molecule has 0 heterocycles. The molecule has 8 heteroatoms. The molecular formula is C44H74O7S. The lowest BCUT2D eigenvalue weighted by atomic mass is 10.0. The summed E-state index contributed by atoms with van der Waals surface area (Å²) in [6, 6.07) is 3.30. The molecule has 1 aromatic carbocycles. The SMILES string of the molecule is C/C=C/CCCCCCCCCCCCCCCOC(=O)c1ccc(S(=O)(=O)O)cc1C(=O)OCCCCCCCCCCCCCCC/C=C/C. The fourth-order valence-corrected chi connectivity index (χ4v) is 6.97. The maximum absolute atomic E-state index is 12.9. The van der Waals surface area contributed by atoms with E-state index in [0.717, 1.165) is 50.7 Å². The molecule has 52 heavy (non-hydrogen) atoms. The highest BCUT2D eigenvalue weighted by Crippen LogP contribution is 2.20. The van der Waals surface area contributed by atoms with Gasteiger partial charge in [-0.1, -0.05) is 166 Å². The molecule has 0 saturated heterocycles. The van der Waals surface area contributed by atoms with Crippen LogP contribution in [0.15, 0.2) is 47.4 Å². The van der Waals surface area contributed by atoms with Crippen molar-refractivity contribution in [3.63, 3.8) is 0 Å². The minimum absolute atomic E-state index is 0.0598. The smallest absolute Gasteiger partial charge is 0.339 e. The van der Waals surface area contributed by atoms with Gasteiger partial charge in [-0.05, 0) is 70.6 Å². The van der Waals surface area contributed by atoms with Crippen LogP contribution in [0.3, 0.4) is 0 Å². The number of rotatable bonds is 35. The molecule has 0 spiro atoms. The molecule has 1 rings (SSSR count). The lowest BCUT2D eigenvalue weighted by Gasteiger charge is -2.11. The van der Waals surface area contributed by atoms with Gasteiger partial charge in [0.15, 0.2) is 0 Å². The number of benzene rings is 1. The van der Waals surface area contributed by atoms with E-state index in [0.29, 0.717) is 6.42 Å². The first-order valence-corrected chi connectivity index (χ1v) is 22.4. The molecule has 298 valence electrons. The number of hydrogen-bond acceptors (Lipinski definition) is 6. The summed E-state index contributed by atoms with van der Waals surface area (Å²) in [5, 5.41) is 0. The fraction of sp³-hybridized carbons (Fsp3) is 0.727. The normalized spacial score (nSPS) is 11.9. The van der Waals surface area contributed by atoms with Crippen LogP contribution in [0.2, 0.25) is 0 Å². The quantitative estimate of drug-likeness (QED) is 0.0319. The van der Waals surface area contributed by atoms with Gasteiger partial charge in [-0.2, -0.15) is 8.42 Å². The van der Waals surface area contributed by atoms with Gasteiger partial charge in [-0.3, -0.25) is 4.55 Å². The second kappa shape index (κ2) is 33.1. The van der Waals surface area contributed by atoms with Crippen LogP contribution in [-0.4, -0.2) is 38.1 Å². The van der Waals surface area contributed by atoms with Crippen LogP contribution >= 0.6 is 0 Å². The Morgan fingerprint density at radius 3 is 1.13 bits per heavy atom. The molecule has 0 atom stereocenters. The van der Waals surface area contributed by atoms with Crippen molar-refractivity contribution >= 4 is 22.1 Å². The monoisotopic (exact) mass is 747 g/mol. The first-order valence-electron chi connectivity index (χ1n) is 21.0. The number of allylic oxidation sites excluding steroid dienone is 4. The van der Waals surface area contributed by atoms with Gasteiger partial charge in [0.05, 0.1) is 29.2 Å². The van der Waals surface area contributed by atoms with Crippen molar-refractivity contribution in [3.05, 3.63) is 53.6 Å². The molecule has 0 unspecified atom stereocenters. The third kappa shape index (κ3) is 26.3. The summed E-state index contributed by atoms with van der Waals surface area (Å²) in [4.78, 5) is 25.3. The summed E-state index contributed by atoms with van der Waals surface area (Å²) in [6.07, 6.45) is 42.5. The van der Waals surface area contributed by atoms with Crippen molar-refractivity contribution in [3.8, 4) is 0 Å². The Morgan fingerprint density at radius 1 is 0.500 bits per heavy atom. The van der Waals surface area contributed by atoms with Crippen LogP contribution in [0.4, 0.5) is 0 Å². The first-order chi connectivity index (χ1) is 25.3. The van der Waals surface area contributed by atoms with Crippen molar-refractivity contribution in [2.75, 3.05) is 13.2 Å². The number of esters is 2. The van der Waals surface area contributed by atoms with E-state index in [9.17, 15) is 22.6 Å². The Hall–Kier alpha value is -2.45. The topological polar surface area (TPSA) is 107 Å². The van der Waals surface area contributed by atoms with E-state index in [4.69, 9.17) is 9.47 Å². The lowest BCUT2D eigenvalue weighted by molar-refractivity contribution is 0.0450. The van der Waals surface area contributed by atoms with Crippen molar-refractivity contribution < 1.29 is 32.0 Å². The highest BCUT2D eigenvalue weighted by molar-refractivity contribution is 7.85. The molecule has 0 aromatic heterocycles. The van der Waals surface area contributed by atoms with E-state index in [1.54, 1.807) is 0 Å². The Morgan fingerprint density at radius 2 is 0.808 bits per heavy atom. The Balaban J connectivity index is 2.22. The van der Waals surface area contributed by atoms with E-state index < -0.39 is 27.0 Å². The Bertz CT molecular complexity index is 1200. The van der Waals surface area contributed by atoms with Crippen LogP contribution in [-0.2, 0) is 19.6 Å². The van der Waals surface area contributed by atoms with Crippen molar-refractivity contribution in [1.29, 1.82) is 0 Å². The van der Waals surface area contributed by atoms with Crippen LogP contribution in [0.1, 0.15) is 214 Å². The van der Waals surface area contributed by atoms with Crippen molar-refractivity contribution in [2.24, 2.45) is 0 Å². The van der Waals surface area contributed by atoms with Crippen molar-refractivity contribution in [2.45, 2.75) is 199 Å². The third-order valence-electron chi connectivity index (χ3n) is 9.70. The summed E-state index contributed by atoms with van der Waals surface area (Å²) in [6.45, 7) is 4.56. The summed E-state index contributed by atoms with van der Waals surface area (Å²) < 4.78 is 43.9. The predicted octanol–water partition coefficient (Wildman–Crippen LogP) is 13.3. The molecule has 0 radical (unpaired) electrons. The second-order valence-electron chi connectivity index (χ2n) is 14.4. The molecular weight excluding hydrogens is 673 g/mol. The molecule has 0 fully saturated rings. The second-order valence-corrected chi connectivity index (χ2v) is 15.8. The van der Waals surface area contributed by atoms with Gasteiger partial charge < -0.3 is 9.47 Å². The van der Waals surface area contributed by atoms with Gasteiger partial charge in [-0.15, -0.1) is 0 Å². The zero-order valence-corrected chi connectivity index (χ0v) is 33.9. The molecule has 0 amide bonds. The molecule has 0 aliphatic rings. The molecule has 7 nitrogen and oxygen atoms in total. The number of unbranched alkanes of at least 4 members (excludes halogenated alkanes) is 26. The van der Waals surface area contributed by atoms with E-state index in [-0.39, 0.29) is 24.3 Å². The summed E-state index contributed by atoms with van der Waals surface area (Å²) in [7, 11) is -4.56. The minimum Gasteiger partial charge on any atom is -0.462 e. The van der Waals surface area contributed by atoms with Crippen LogP contribution in [0.25, 0.3) is 0 Å². The van der Waals surface area contributed by atoms with Gasteiger partial charge in [0.25, 0.3) is 10.1 Å². The number of carbonyl (C=O) groups excluding carboxylic acids is 2. The largest absolute Gasteiger partial charge is 0.462 e. The van der Waals surface area contributed by atoms with E-state index in [1.807, 2.05) is 0 Å². The predicted molar refractivity (Wildman–Crippen MR) is 216 cm³/mol. The third-order valence-corrected chi connectivity index (χ3v) is 10.5. The van der Waals surface area contributed by atoms with Gasteiger partial charge in [0.1, 0.15) is 0 Å². The molecule has 0 aliphatic carbocycles. The number of carbonyl (C=O) groups is 2. The Kier molecular flexibility index (Phi) is 30.3. The average Bonchev–Trinajstić information content (AvgIpc) is 3.13. The summed E-state index contributed by atoms with van der Waals surface area (Å²) in [5.41, 5.74) is -0.270. The zero-order valence-electron chi connectivity index (χ0n) is 33.1. The molecule has 0 saturated carbocycles.